The van der Waals surface area contributed by atoms with Crippen molar-refractivity contribution in [3.05, 3.63) is 28.8 Å². The molecule has 0 bridgehead atoms. The zero-order chi connectivity index (χ0) is 28.4. The highest BCUT2D eigenvalue weighted by molar-refractivity contribution is 7.89. The van der Waals surface area contributed by atoms with Crippen LogP contribution in [0.15, 0.2) is 17.6 Å². The molecule has 0 spiro atoms. The lowest BCUT2D eigenvalue weighted by Crippen LogP contribution is -2.46. The lowest BCUT2D eigenvalue weighted by molar-refractivity contribution is 0.0898. The molecule has 3 saturated heterocycles. The molecule has 3 fully saturated rings. The quantitative estimate of drug-likeness (QED) is 0.364. The smallest absolute Gasteiger partial charge is 0.226 e. The second-order valence-corrected chi connectivity index (χ2v) is 14.9. The van der Waals surface area contributed by atoms with Gasteiger partial charge in [0.05, 0.1) is 28.8 Å². The molecule has 0 N–H and O–H groups in total. The van der Waals surface area contributed by atoms with E-state index in [2.05, 4.69) is 25.1 Å². The van der Waals surface area contributed by atoms with Crippen LogP contribution in [0.5, 0.6) is 5.88 Å². The molecule has 6 rings (SSSR count). The van der Waals surface area contributed by atoms with Gasteiger partial charge in [0.1, 0.15) is 0 Å². The van der Waals surface area contributed by atoms with Gasteiger partial charge in [0.15, 0.2) is 9.84 Å². The molecule has 3 aliphatic rings. The summed E-state index contributed by atoms with van der Waals surface area (Å²) in [6, 6.07) is 2.61. The summed E-state index contributed by atoms with van der Waals surface area (Å²) in [5, 5.41) is 2.24. The van der Waals surface area contributed by atoms with Crippen LogP contribution in [-0.4, -0.2) is 91.8 Å². The normalized spacial score (nSPS) is 20.1. The van der Waals surface area contributed by atoms with Gasteiger partial charge in [-0.15, -0.1) is 11.3 Å². The molecule has 3 aromatic rings. The van der Waals surface area contributed by atoms with Crippen molar-refractivity contribution in [2.75, 3.05) is 57.5 Å². The van der Waals surface area contributed by atoms with Crippen molar-refractivity contribution in [1.29, 1.82) is 0 Å². The Hall–Kier alpha value is -2.34. The number of anilines is 1. The minimum atomic E-state index is -3.27. The van der Waals surface area contributed by atoms with Gasteiger partial charge in [0.25, 0.3) is 0 Å². The summed E-state index contributed by atoms with van der Waals surface area (Å²) in [5.41, 5.74) is 4.43. The van der Waals surface area contributed by atoms with E-state index in [4.69, 9.17) is 14.7 Å². The summed E-state index contributed by atoms with van der Waals surface area (Å²) >= 11 is 1.68. The summed E-state index contributed by atoms with van der Waals surface area (Å²) in [4.78, 5) is 22.3. The average molecular weight is 599 g/mol. The Bertz CT molecular complexity index is 1460. The van der Waals surface area contributed by atoms with Gasteiger partial charge in [0, 0.05) is 54.8 Å². The Labute approximate surface area is 247 Å². The largest absolute Gasteiger partial charge is 0.481 e. The summed E-state index contributed by atoms with van der Waals surface area (Å²) in [6.45, 7) is 7.57. The molecule has 0 aliphatic carbocycles. The standard InChI is InChI=1S/C30H42N6O3S2/c1-39-29-23(21-41(2,37)38)17-22(18-31-29)26-28-27(33-30(32-26)36-13-7-4-8-14-36)24(20-40-28)19-34-15-9-25(10-16-34)35-11-5-3-6-12-35/h17-18,20,25H,3-16,19,21H2,1-2H3. The lowest BCUT2D eigenvalue weighted by atomic mass is 9.99. The molecular formula is C30H42N6O3S2. The molecule has 9 nitrogen and oxygen atoms in total. The van der Waals surface area contributed by atoms with Gasteiger partial charge in [-0.1, -0.05) is 6.42 Å². The summed E-state index contributed by atoms with van der Waals surface area (Å²) in [7, 11) is -1.75. The fourth-order valence-corrected chi connectivity index (χ4v) is 8.44. The van der Waals surface area contributed by atoms with E-state index in [1.807, 2.05) is 6.07 Å². The van der Waals surface area contributed by atoms with E-state index in [0.717, 1.165) is 79.0 Å². The van der Waals surface area contributed by atoms with Crippen molar-refractivity contribution in [2.45, 2.75) is 69.7 Å². The van der Waals surface area contributed by atoms with Crippen LogP contribution in [0.2, 0.25) is 0 Å². The molecule has 0 saturated carbocycles. The third-order valence-electron chi connectivity index (χ3n) is 8.78. The first-order valence-electron chi connectivity index (χ1n) is 15.1. The molecule has 0 radical (unpaired) electrons. The van der Waals surface area contributed by atoms with E-state index in [1.54, 1.807) is 17.5 Å². The molecule has 41 heavy (non-hydrogen) atoms. The topological polar surface area (TPSA) is 91.8 Å². The van der Waals surface area contributed by atoms with Gasteiger partial charge >= 0.3 is 0 Å². The van der Waals surface area contributed by atoms with Crippen molar-refractivity contribution >= 4 is 37.3 Å². The highest BCUT2D eigenvalue weighted by Gasteiger charge is 2.27. The van der Waals surface area contributed by atoms with Crippen LogP contribution in [-0.2, 0) is 22.1 Å². The maximum absolute atomic E-state index is 12.2. The maximum Gasteiger partial charge on any atom is 0.226 e. The fourth-order valence-electron chi connectivity index (χ4n) is 6.66. The molecule has 6 heterocycles. The first-order valence-corrected chi connectivity index (χ1v) is 18.0. The Morgan fingerprint density at radius 1 is 0.951 bits per heavy atom. The zero-order valence-electron chi connectivity index (χ0n) is 24.3. The lowest BCUT2D eigenvalue weighted by Gasteiger charge is -2.40. The number of rotatable bonds is 8. The number of likely N-dealkylation sites (tertiary alicyclic amines) is 2. The summed E-state index contributed by atoms with van der Waals surface area (Å²) in [5.74, 6) is 0.963. The highest BCUT2D eigenvalue weighted by Crippen LogP contribution is 2.37. The molecule has 0 atom stereocenters. The first kappa shape index (κ1) is 28.8. The highest BCUT2D eigenvalue weighted by atomic mass is 32.2. The van der Waals surface area contributed by atoms with E-state index < -0.39 is 9.84 Å². The van der Waals surface area contributed by atoms with E-state index in [-0.39, 0.29) is 5.75 Å². The minimum absolute atomic E-state index is 0.132. The van der Waals surface area contributed by atoms with Gasteiger partial charge in [-0.3, -0.25) is 4.90 Å². The van der Waals surface area contributed by atoms with Gasteiger partial charge in [-0.05, 0) is 82.6 Å². The van der Waals surface area contributed by atoms with Crippen LogP contribution in [0.25, 0.3) is 21.5 Å². The molecule has 3 aliphatic heterocycles. The van der Waals surface area contributed by atoms with Gasteiger partial charge in [-0.2, -0.15) is 0 Å². The number of hydrogen-bond donors (Lipinski definition) is 0. The second-order valence-electron chi connectivity index (χ2n) is 11.9. The number of hydrogen-bond acceptors (Lipinski definition) is 10. The number of piperidine rings is 3. The van der Waals surface area contributed by atoms with Crippen LogP contribution >= 0.6 is 11.3 Å². The first-order chi connectivity index (χ1) is 19.9. The average Bonchev–Trinajstić information content (AvgIpc) is 3.39. The molecule has 0 amide bonds. The van der Waals surface area contributed by atoms with Crippen molar-refractivity contribution < 1.29 is 13.2 Å². The van der Waals surface area contributed by atoms with Crippen LogP contribution in [0, 0.1) is 0 Å². The molecule has 11 heteroatoms. The molecule has 3 aromatic heterocycles. The minimum Gasteiger partial charge on any atom is -0.481 e. The van der Waals surface area contributed by atoms with Crippen LogP contribution in [0.3, 0.4) is 0 Å². The monoisotopic (exact) mass is 598 g/mol. The van der Waals surface area contributed by atoms with E-state index in [0.29, 0.717) is 11.4 Å². The van der Waals surface area contributed by atoms with Gasteiger partial charge in [0.2, 0.25) is 11.8 Å². The SMILES string of the molecule is COc1ncc(-c2nc(N3CCCCC3)nc3c(CN4CCC(N5CCCCC5)CC4)csc23)cc1CS(C)(=O)=O. The predicted molar refractivity (Wildman–Crippen MR) is 166 cm³/mol. The number of fused-ring (bicyclic) bond motifs is 1. The maximum atomic E-state index is 12.2. The third kappa shape index (κ3) is 6.68. The summed E-state index contributed by atoms with van der Waals surface area (Å²) in [6.07, 6.45) is 13.1. The number of ether oxygens (including phenoxy) is 1. The number of sulfone groups is 1. The number of pyridine rings is 1. The zero-order valence-corrected chi connectivity index (χ0v) is 26.0. The van der Waals surface area contributed by atoms with Crippen molar-refractivity contribution in [2.24, 2.45) is 0 Å². The van der Waals surface area contributed by atoms with E-state index >= 15 is 0 Å². The number of methoxy groups -OCH3 is 1. The fraction of sp³-hybridized carbons (Fsp3) is 0.633. The molecule has 222 valence electrons. The third-order valence-corrected chi connectivity index (χ3v) is 10.6. The Balaban J connectivity index is 1.31. The van der Waals surface area contributed by atoms with Crippen molar-refractivity contribution in [3.8, 4) is 17.1 Å². The van der Waals surface area contributed by atoms with Crippen LogP contribution in [0.4, 0.5) is 5.95 Å². The van der Waals surface area contributed by atoms with E-state index in [1.165, 1.54) is 70.5 Å². The number of thiophene rings is 1. The predicted octanol–water partition coefficient (Wildman–Crippen LogP) is 4.75. The number of nitrogens with zero attached hydrogens (tertiary/aromatic N) is 6. The second kappa shape index (κ2) is 12.5. The van der Waals surface area contributed by atoms with Crippen LogP contribution in [0.1, 0.15) is 62.5 Å². The van der Waals surface area contributed by atoms with Gasteiger partial charge < -0.3 is 14.5 Å². The molecule has 0 unspecified atom stereocenters. The van der Waals surface area contributed by atoms with Crippen LogP contribution < -0.4 is 9.64 Å². The molecular weight excluding hydrogens is 557 g/mol. The number of aromatic nitrogens is 3. The summed E-state index contributed by atoms with van der Waals surface area (Å²) < 4.78 is 30.8. The van der Waals surface area contributed by atoms with E-state index in [9.17, 15) is 8.42 Å². The Morgan fingerprint density at radius 2 is 1.66 bits per heavy atom. The molecule has 0 aromatic carbocycles. The Morgan fingerprint density at radius 3 is 2.34 bits per heavy atom. The van der Waals surface area contributed by atoms with Crippen molar-refractivity contribution in [1.82, 2.24) is 24.8 Å². The van der Waals surface area contributed by atoms with Gasteiger partial charge in [-0.25, -0.2) is 23.4 Å². The van der Waals surface area contributed by atoms with Crippen molar-refractivity contribution in [3.63, 3.8) is 0 Å². The Kier molecular flexibility index (Phi) is 8.76.